The number of hydrogen-bond acceptors (Lipinski definition) is 4. The van der Waals surface area contributed by atoms with Crippen molar-refractivity contribution in [3.63, 3.8) is 0 Å². The van der Waals surface area contributed by atoms with E-state index in [4.69, 9.17) is 14.5 Å². The molecule has 170 valence electrons. The lowest BCUT2D eigenvalue weighted by atomic mass is 10.1. The average molecular weight is 444 g/mol. The molecule has 0 radical (unpaired) electrons. The second kappa shape index (κ2) is 10.2. The first-order valence-corrected chi connectivity index (χ1v) is 11.1. The van der Waals surface area contributed by atoms with Crippen molar-refractivity contribution in [2.24, 2.45) is 0 Å². The minimum atomic E-state index is -0.248. The molecular formula is C27H29N3O3. The summed E-state index contributed by atoms with van der Waals surface area (Å²) in [5.74, 6) is 2.37. The van der Waals surface area contributed by atoms with Gasteiger partial charge in [0.15, 0.2) is 0 Å². The van der Waals surface area contributed by atoms with Crippen LogP contribution in [-0.4, -0.2) is 29.2 Å². The van der Waals surface area contributed by atoms with Crippen LogP contribution in [-0.2, 0) is 17.8 Å². The smallest absolute Gasteiger partial charge is 0.224 e. The summed E-state index contributed by atoms with van der Waals surface area (Å²) in [7, 11) is 1.63. The first-order valence-electron chi connectivity index (χ1n) is 11.1. The third-order valence-electron chi connectivity index (χ3n) is 5.58. The highest BCUT2D eigenvalue weighted by Crippen LogP contribution is 2.22. The van der Waals surface area contributed by atoms with Crippen LogP contribution >= 0.6 is 0 Å². The van der Waals surface area contributed by atoms with Crippen molar-refractivity contribution < 1.29 is 14.3 Å². The van der Waals surface area contributed by atoms with Gasteiger partial charge in [-0.15, -0.1) is 0 Å². The average Bonchev–Trinajstić information content (AvgIpc) is 3.19. The number of rotatable bonds is 9. The third kappa shape index (κ3) is 5.52. The molecule has 1 unspecified atom stereocenters. The Morgan fingerprint density at radius 3 is 2.42 bits per heavy atom. The van der Waals surface area contributed by atoms with Gasteiger partial charge < -0.3 is 19.4 Å². The quantitative estimate of drug-likeness (QED) is 0.402. The first kappa shape index (κ1) is 22.4. The third-order valence-corrected chi connectivity index (χ3v) is 5.58. The summed E-state index contributed by atoms with van der Waals surface area (Å²) in [5.41, 5.74) is 4.06. The molecule has 3 aromatic carbocycles. The molecule has 0 aliphatic heterocycles. The van der Waals surface area contributed by atoms with Crippen molar-refractivity contribution in [2.45, 2.75) is 32.9 Å². The fourth-order valence-corrected chi connectivity index (χ4v) is 3.83. The van der Waals surface area contributed by atoms with E-state index < -0.39 is 0 Å². The van der Waals surface area contributed by atoms with E-state index >= 15 is 0 Å². The van der Waals surface area contributed by atoms with Crippen LogP contribution in [0.15, 0.2) is 72.8 Å². The number of nitrogens with zero attached hydrogens (tertiary/aromatic N) is 2. The lowest BCUT2D eigenvalue weighted by Gasteiger charge is -2.17. The molecule has 0 saturated carbocycles. The van der Waals surface area contributed by atoms with Crippen LogP contribution in [0.3, 0.4) is 0 Å². The van der Waals surface area contributed by atoms with Crippen molar-refractivity contribution in [3.8, 4) is 11.5 Å². The molecule has 4 rings (SSSR count). The van der Waals surface area contributed by atoms with Gasteiger partial charge in [-0.1, -0.05) is 42.0 Å². The lowest BCUT2D eigenvalue weighted by molar-refractivity contribution is -0.121. The Bertz CT molecular complexity index is 1210. The topological polar surface area (TPSA) is 65.4 Å². The molecule has 6 heteroatoms. The van der Waals surface area contributed by atoms with Crippen molar-refractivity contribution in [3.05, 3.63) is 89.7 Å². The number of methoxy groups -OCH3 is 1. The van der Waals surface area contributed by atoms with Crippen molar-refractivity contribution in [2.75, 3.05) is 13.7 Å². The molecule has 0 aliphatic carbocycles. The fraction of sp³-hybridized carbons (Fsp3) is 0.259. The molecule has 1 atom stereocenters. The van der Waals surface area contributed by atoms with Crippen LogP contribution in [0.4, 0.5) is 0 Å². The number of fused-ring (bicyclic) bond motifs is 1. The fourth-order valence-electron chi connectivity index (χ4n) is 3.83. The number of para-hydroxylation sites is 2. The molecule has 0 saturated heterocycles. The SMILES string of the molecule is COc1ccc(CC(=O)NC(C)c2nc3ccccc3n2CCOc2ccc(C)cc2)cc1. The number of carbonyl (C=O) groups is 1. The van der Waals surface area contributed by atoms with Gasteiger partial charge in [0.25, 0.3) is 0 Å². The molecule has 1 aromatic heterocycles. The summed E-state index contributed by atoms with van der Waals surface area (Å²) >= 11 is 0. The summed E-state index contributed by atoms with van der Waals surface area (Å²) in [5, 5.41) is 3.09. The number of ether oxygens (including phenoxy) is 2. The molecule has 6 nitrogen and oxygen atoms in total. The summed E-state index contributed by atoms with van der Waals surface area (Å²) in [6, 6.07) is 23.3. The van der Waals surface area contributed by atoms with E-state index in [0.29, 0.717) is 19.6 Å². The van der Waals surface area contributed by atoms with E-state index in [1.165, 1.54) is 5.56 Å². The minimum Gasteiger partial charge on any atom is -0.497 e. The van der Waals surface area contributed by atoms with Gasteiger partial charge in [0.2, 0.25) is 5.91 Å². The van der Waals surface area contributed by atoms with E-state index in [2.05, 4.69) is 16.8 Å². The van der Waals surface area contributed by atoms with E-state index in [1.807, 2.05) is 79.7 Å². The minimum absolute atomic E-state index is 0.0535. The van der Waals surface area contributed by atoms with Gasteiger partial charge in [-0.25, -0.2) is 4.98 Å². The highest BCUT2D eigenvalue weighted by molar-refractivity contribution is 5.79. The summed E-state index contributed by atoms with van der Waals surface area (Å²) in [4.78, 5) is 17.5. The lowest BCUT2D eigenvalue weighted by Crippen LogP contribution is -2.30. The second-order valence-corrected chi connectivity index (χ2v) is 8.09. The van der Waals surface area contributed by atoms with E-state index in [9.17, 15) is 4.79 Å². The number of aromatic nitrogens is 2. The molecule has 0 fully saturated rings. The van der Waals surface area contributed by atoms with E-state index in [1.54, 1.807) is 7.11 Å². The zero-order valence-electron chi connectivity index (χ0n) is 19.2. The normalized spacial score (nSPS) is 11.8. The van der Waals surface area contributed by atoms with Crippen molar-refractivity contribution in [1.29, 1.82) is 0 Å². The van der Waals surface area contributed by atoms with Crippen LogP contribution < -0.4 is 14.8 Å². The molecular weight excluding hydrogens is 414 g/mol. The van der Waals surface area contributed by atoms with Crippen LogP contribution in [0.2, 0.25) is 0 Å². The highest BCUT2D eigenvalue weighted by Gasteiger charge is 2.18. The van der Waals surface area contributed by atoms with Gasteiger partial charge in [-0.2, -0.15) is 0 Å². The standard InChI is InChI=1S/C27H29N3O3/c1-19-8-12-23(13-9-19)33-17-16-30-25-7-5-4-6-24(25)29-27(30)20(2)28-26(31)18-21-10-14-22(32-3)15-11-21/h4-15,20H,16-18H2,1-3H3,(H,28,31). The molecule has 0 aliphatic rings. The van der Waals surface area contributed by atoms with Crippen molar-refractivity contribution in [1.82, 2.24) is 14.9 Å². The predicted molar refractivity (Wildman–Crippen MR) is 130 cm³/mol. The number of carbonyl (C=O) groups excluding carboxylic acids is 1. The Hall–Kier alpha value is -3.80. The van der Waals surface area contributed by atoms with Gasteiger partial charge >= 0.3 is 0 Å². The molecule has 1 heterocycles. The highest BCUT2D eigenvalue weighted by atomic mass is 16.5. The molecule has 1 N–H and O–H groups in total. The number of nitrogens with one attached hydrogen (secondary N) is 1. The Labute approximate surface area is 194 Å². The molecule has 0 bridgehead atoms. The first-order chi connectivity index (χ1) is 16.0. The predicted octanol–water partition coefficient (Wildman–Crippen LogP) is 4.85. The number of aryl methyl sites for hydroxylation is 1. The zero-order chi connectivity index (χ0) is 23.2. The maximum absolute atomic E-state index is 12.7. The van der Waals surface area contributed by atoms with Gasteiger partial charge in [0.05, 0.1) is 37.2 Å². The zero-order valence-corrected chi connectivity index (χ0v) is 19.2. The molecule has 1 amide bonds. The number of amides is 1. The Kier molecular flexibility index (Phi) is 6.93. The van der Waals surface area contributed by atoms with Gasteiger partial charge in [-0.3, -0.25) is 4.79 Å². The van der Waals surface area contributed by atoms with Crippen LogP contribution in [0.25, 0.3) is 11.0 Å². The van der Waals surface area contributed by atoms with Crippen LogP contribution in [0, 0.1) is 6.92 Å². The van der Waals surface area contributed by atoms with E-state index in [-0.39, 0.29) is 11.9 Å². The van der Waals surface area contributed by atoms with Gasteiger partial charge in [-0.05, 0) is 55.8 Å². The second-order valence-electron chi connectivity index (χ2n) is 8.09. The monoisotopic (exact) mass is 443 g/mol. The Balaban J connectivity index is 1.46. The molecule has 33 heavy (non-hydrogen) atoms. The maximum atomic E-state index is 12.7. The Morgan fingerprint density at radius 1 is 1.00 bits per heavy atom. The Morgan fingerprint density at radius 2 is 1.70 bits per heavy atom. The number of hydrogen-bond donors (Lipinski definition) is 1. The number of imidazole rings is 1. The molecule has 4 aromatic rings. The largest absolute Gasteiger partial charge is 0.497 e. The van der Waals surface area contributed by atoms with Crippen LogP contribution in [0.1, 0.15) is 29.9 Å². The molecule has 0 spiro atoms. The summed E-state index contributed by atoms with van der Waals surface area (Å²) in [6.07, 6.45) is 0.297. The van der Waals surface area contributed by atoms with E-state index in [0.717, 1.165) is 33.9 Å². The van der Waals surface area contributed by atoms with Gasteiger partial charge in [0.1, 0.15) is 23.9 Å². The summed E-state index contributed by atoms with van der Waals surface area (Å²) < 4.78 is 13.3. The summed E-state index contributed by atoms with van der Waals surface area (Å²) in [6.45, 7) is 5.15. The maximum Gasteiger partial charge on any atom is 0.224 e. The van der Waals surface area contributed by atoms with Gasteiger partial charge in [0, 0.05) is 0 Å². The number of benzene rings is 3. The van der Waals surface area contributed by atoms with Crippen molar-refractivity contribution >= 4 is 16.9 Å². The van der Waals surface area contributed by atoms with Crippen LogP contribution in [0.5, 0.6) is 11.5 Å².